The van der Waals surface area contributed by atoms with Crippen LogP contribution in [-0.4, -0.2) is 22.8 Å². The maximum atomic E-state index is 14.3. The minimum absolute atomic E-state index is 0.0289. The fraction of sp³-hybridized carbons (Fsp3) is 0.0833. The predicted molar refractivity (Wildman–Crippen MR) is 116 cm³/mol. The molecule has 0 amide bonds. The molecular formula is C24H19F2NO4. The molecule has 0 radical (unpaired) electrons. The van der Waals surface area contributed by atoms with Gasteiger partial charge in [0.1, 0.15) is 5.56 Å². The molecule has 0 spiro atoms. The Hall–Kier alpha value is -4.00. The van der Waals surface area contributed by atoms with Gasteiger partial charge in [-0.2, -0.15) is 4.39 Å². The van der Waals surface area contributed by atoms with Crippen LogP contribution in [0.4, 0.5) is 8.78 Å². The first-order chi connectivity index (χ1) is 14.8. The van der Waals surface area contributed by atoms with E-state index in [1.165, 1.54) is 4.57 Å². The summed E-state index contributed by atoms with van der Waals surface area (Å²) in [4.78, 5) is 24.1. The first-order valence-corrected chi connectivity index (χ1v) is 9.19. The van der Waals surface area contributed by atoms with Gasteiger partial charge in [0, 0.05) is 12.7 Å². The second-order valence-electron chi connectivity index (χ2n) is 6.67. The van der Waals surface area contributed by atoms with Crippen molar-refractivity contribution in [2.45, 2.75) is 6.54 Å². The molecule has 0 saturated heterocycles. The van der Waals surface area contributed by atoms with Crippen LogP contribution in [0.25, 0.3) is 16.5 Å². The lowest BCUT2D eigenvalue weighted by Crippen LogP contribution is -2.20. The number of carbonyl (C=O) groups is 1. The lowest BCUT2D eigenvalue weighted by Gasteiger charge is -2.16. The summed E-state index contributed by atoms with van der Waals surface area (Å²) in [6, 6.07) is 7.97. The molecular weight excluding hydrogens is 404 g/mol. The molecule has 0 fully saturated rings. The van der Waals surface area contributed by atoms with Gasteiger partial charge in [0.15, 0.2) is 11.6 Å². The van der Waals surface area contributed by atoms with Gasteiger partial charge >= 0.3 is 5.97 Å². The van der Waals surface area contributed by atoms with E-state index in [0.717, 1.165) is 30.0 Å². The Morgan fingerprint density at radius 2 is 1.90 bits per heavy atom. The average molecular weight is 423 g/mol. The molecule has 0 aliphatic heterocycles. The summed E-state index contributed by atoms with van der Waals surface area (Å²) in [6.45, 7) is 7.52. The highest BCUT2D eigenvalue weighted by Gasteiger charge is 2.22. The lowest BCUT2D eigenvalue weighted by atomic mass is 10.0. The number of aromatic carboxylic acids is 1. The van der Waals surface area contributed by atoms with E-state index >= 15 is 0 Å². The second-order valence-corrected chi connectivity index (χ2v) is 6.67. The fourth-order valence-corrected chi connectivity index (χ4v) is 3.35. The first kappa shape index (κ1) is 21.7. The van der Waals surface area contributed by atoms with Crippen LogP contribution in [-0.2, 0) is 6.54 Å². The number of aromatic nitrogens is 1. The number of benzene rings is 2. The molecule has 1 heterocycles. The normalized spacial score (nSPS) is 11.4. The Balaban J connectivity index is 2.21. The summed E-state index contributed by atoms with van der Waals surface area (Å²) >= 11 is 0. The number of allylic oxidation sites excluding steroid dienone is 4. The third-order valence-electron chi connectivity index (χ3n) is 4.80. The van der Waals surface area contributed by atoms with Crippen LogP contribution in [0.15, 0.2) is 72.7 Å². The standard InChI is InChI=1S/C24H19F2NO4/c1-4-6-15(5-2)16-9-7-14(8-10-16)12-27-13-18(24(29)30)22(28)17-11-19(25)20(26)23(31-3)21(17)27/h4-11,13H,1-2,12H2,3H3,(H,29,30)/b15-6+. The molecule has 3 rings (SSSR count). The Bertz CT molecular complexity index is 1290. The summed E-state index contributed by atoms with van der Waals surface area (Å²) in [5.74, 6) is -4.49. The number of methoxy groups -OCH3 is 1. The molecule has 1 aromatic heterocycles. The van der Waals surface area contributed by atoms with Crippen molar-refractivity contribution >= 4 is 22.4 Å². The largest absolute Gasteiger partial charge is 0.491 e. The van der Waals surface area contributed by atoms with Gasteiger partial charge in [0.25, 0.3) is 0 Å². The minimum atomic E-state index is -1.47. The van der Waals surface area contributed by atoms with Crippen LogP contribution in [0, 0.1) is 11.6 Å². The molecule has 158 valence electrons. The molecule has 0 aliphatic carbocycles. The Morgan fingerprint density at radius 3 is 2.45 bits per heavy atom. The number of ether oxygens (including phenoxy) is 1. The highest BCUT2D eigenvalue weighted by Crippen LogP contribution is 2.30. The zero-order valence-electron chi connectivity index (χ0n) is 16.7. The number of carboxylic acid groups (broad SMARTS) is 1. The van der Waals surface area contributed by atoms with Crippen molar-refractivity contribution in [3.63, 3.8) is 0 Å². The second kappa shape index (κ2) is 8.79. The van der Waals surface area contributed by atoms with Crippen molar-refractivity contribution in [3.8, 4) is 5.75 Å². The molecule has 0 atom stereocenters. The van der Waals surface area contributed by atoms with Crippen LogP contribution in [0.5, 0.6) is 5.75 Å². The van der Waals surface area contributed by atoms with Gasteiger partial charge in [-0.05, 0) is 22.8 Å². The Kier molecular flexibility index (Phi) is 6.15. The SMILES string of the molecule is C=C/C=C(\C=C)c1ccc(Cn2cc(C(=O)O)c(=O)c3cc(F)c(F)c(OC)c32)cc1. The molecule has 1 N–H and O–H groups in total. The molecule has 0 aliphatic rings. The summed E-state index contributed by atoms with van der Waals surface area (Å²) < 4.78 is 34.7. The minimum Gasteiger partial charge on any atom is -0.491 e. The third-order valence-corrected chi connectivity index (χ3v) is 4.80. The lowest BCUT2D eigenvalue weighted by molar-refractivity contribution is 0.0695. The van der Waals surface area contributed by atoms with Crippen molar-refractivity contribution < 1.29 is 23.4 Å². The number of hydrogen-bond acceptors (Lipinski definition) is 3. The van der Waals surface area contributed by atoms with Crippen LogP contribution in [0.1, 0.15) is 21.5 Å². The number of hydrogen-bond donors (Lipinski definition) is 1. The number of fused-ring (bicyclic) bond motifs is 1. The highest BCUT2D eigenvalue weighted by molar-refractivity contribution is 5.94. The molecule has 31 heavy (non-hydrogen) atoms. The average Bonchev–Trinajstić information content (AvgIpc) is 2.75. The summed E-state index contributed by atoms with van der Waals surface area (Å²) in [7, 11) is 1.15. The summed E-state index contributed by atoms with van der Waals surface area (Å²) in [6.07, 6.45) is 6.24. The zero-order chi connectivity index (χ0) is 22.7. The number of nitrogens with zero attached hydrogens (tertiary/aromatic N) is 1. The van der Waals surface area contributed by atoms with Crippen LogP contribution in [0.3, 0.4) is 0 Å². The van der Waals surface area contributed by atoms with Crippen molar-refractivity contribution in [3.05, 3.63) is 106 Å². The summed E-state index contributed by atoms with van der Waals surface area (Å²) in [5, 5.41) is 9.12. The molecule has 3 aromatic rings. The zero-order valence-corrected chi connectivity index (χ0v) is 16.7. The molecule has 7 heteroatoms. The van der Waals surface area contributed by atoms with Crippen molar-refractivity contribution in [2.24, 2.45) is 0 Å². The van der Waals surface area contributed by atoms with Crippen LogP contribution < -0.4 is 10.2 Å². The maximum Gasteiger partial charge on any atom is 0.341 e. The van der Waals surface area contributed by atoms with Gasteiger partial charge in [0.2, 0.25) is 11.2 Å². The topological polar surface area (TPSA) is 68.5 Å². The number of pyridine rings is 1. The van der Waals surface area contributed by atoms with E-state index in [1.54, 1.807) is 30.4 Å². The van der Waals surface area contributed by atoms with Gasteiger partial charge in [-0.15, -0.1) is 0 Å². The molecule has 0 unspecified atom stereocenters. The van der Waals surface area contributed by atoms with Crippen LogP contribution >= 0.6 is 0 Å². The number of rotatable bonds is 7. The quantitative estimate of drug-likeness (QED) is 0.555. The number of carboxylic acids is 1. The first-order valence-electron chi connectivity index (χ1n) is 9.19. The number of halogens is 2. The molecule has 2 aromatic carbocycles. The smallest absolute Gasteiger partial charge is 0.341 e. The van der Waals surface area contributed by atoms with Gasteiger partial charge in [-0.1, -0.05) is 55.7 Å². The van der Waals surface area contributed by atoms with Crippen molar-refractivity contribution in [1.82, 2.24) is 4.57 Å². The monoisotopic (exact) mass is 423 g/mol. The molecule has 0 saturated carbocycles. The van der Waals surface area contributed by atoms with E-state index in [0.29, 0.717) is 6.07 Å². The van der Waals surface area contributed by atoms with Crippen molar-refractivity contribution in [2.75, 3.05) is 7.11 Å². The van der Waals surface area contributed by atoms with Crippen LogP contribution in [0.2, 0.25) is 0 Å². The predicted octanol–water partition coefficient (Wildman–Crippen LogP) is 4.79. The Morgan fingerprint density at radius 1 is 1.23 bits per heavy atom. The van der Waals surface area contributed by atoms with Gasteiger partial charge in [-0.3, -0.25) is 4.79 Å². The van der Waals surface area contributed by atoms with E-state index < -0.39 is 34.3 Å². The third kappa shape index (κ3) is 4.02. The van der Waals surface area contributed by atoms with E-state index in [2.05, 4.69) is 13.2 Å². The van der Waals surface area contributed by atoms with Gasteiger partial charge in [-0.25, -0.2) is 9.18 Å². The van der Waals surface area contributed by atoms with Gasteiger partial charge < -0.3 is 14.4 Å². The van der Waals surface area contributed by atoms with E-state index in [-0.39, 0.29) is 17.4 Å². The highest BCUT2D eigenvalue weighted by atomic mass is 19.2. The van der Waals surface area contributed by atoms with E-state index in [4.69, 9.17) is 4.74 Å². The Labute approximate surface area is 176 Å². The van der Waals surface area contributed by atoms with E-state index in [9.17, 15) is 23.5 Å². The molecule has 5 nitrogen and oxygen atoms in total. The summed E-state index contributed by atoms with van der Waals surface area (Å²) in [5.41, 5.74) is 0.984. The molecule has 0 bridgehead atoms. The van der Waals surface area contributed by atoms with Crippen molar-refractivity contribution in [1.29, 1.82) is 0 Å². The van der Waals surface area contributed by atoms with E-state index in [1.807, 2.05) is 12.1 Å². The van der Waals surface area contributed by atoms with Gasteiger partial charge in [0.05, 0.1) is 18.0 Å². The fourth-order valence-electron chi connectivity index (χ4n) is 3.35. The maximum absolute atomic E-state index is 14.3.